The highest BCUT2D eigenvalue weighted by Crippen LogP contribution is 2.10. The molecule has 0 saturated carbocycles. The molecule has 0 aliphatic carbocycles. The van der Waals surface area contributed by atoms with Crippen LogP contribution in [0.3, 0.4) is 0 Å². The number of hydrogen-bond acceptors (Lipinski definition) is 4. The van der Waals surface area contributed by atoms with Crippen molar-refractivity contribution in [1.29, 1.82) is 0 Å². The SMILES string of the molecule is CNC(=O)C(C)CN(C)C(=O)CSCC(=O)Nc1ccc(C)cc1. The molecule has 0 fully saturated rings. The Morgan fingerprint density at radius 2 is 1.79 bits per heavy atom. The van der Waals surface area contributed by atoms with Crippen molar-refractivity contribution in [3.05, 3.63) is 29.8 Å². The van der Waals surface area contributed by atoms with Crippen molar-refractivity contribution in [3.63, 3.8) is 0 Å². The maximum absolute atomic E-state index is 12.0. The minimum atomic E-state index is -0.265. The summed E-state index contributed by atoms with van der Waals surface area (Å²) in [6, 6.07) is 7.54. The number of thioether (sulfide) groups is 1. The van der Waals surface area contributed by atoms with Crippen LogP contribution >= 0.6 is 11.8 Å². The second kappa shape index (κ2) is 9.97. The molecule has 6 nitrogen and oxygen atoms in total. The van der Waals surface area contributed by atoms with E-state index in [0.29, 0.717) is 6.54 Å². The quantitative estimate of drug-likeness (QED) is 0.744. The summed E-state index contributed by atoms with van der Waals surface area (Å²) in [6.45, 7) is 4.11. The largest absolute Gasteiger partial charge is 0.359 e. The fourth-order valence-corrected chi connectivity index (χ4v) is 2.77. The lowest BCUT2D eigenvalue weighted by molar-refractivity contribution is -0.129. The van der Waals surface area contributed by atoms with Crippen molar-refractivity contribution < 1.29 is 14.4 Å². The zero-order valence-corrected chi connectivity index (χ0v) is 15.4. The van der Waals surface area contributed by atoms with E-state index in [2.05, 4.69) is 10.6 Å². The zero-order valence-electron chi connectivity index (χ0n) is 14.6. The molecule has 0 heterocycles. The summed E-state index contributed by atoms with van der Waals surface area (Å²) >= 11 is 1.26. The molecule has 24 heavy (non-hydrogen) atoms. The second-order valence-corrected chi connectivity index (χ2v) is 6.68. The van der Waals surface area contributed by atoms with Gasteiger partial charge in [-0.3, -0.25) is 14.4 Å². The molecule has 0 bridgehead atoms. The first kappa shape index (κ1) is 20.0. The first-order valence-electron chi connectivity index (χ1n) is 7.73. The van der Waals surface area contributed by atoms with Gasteiger partial charge in [-0.05, 0) is 19.1 Å². The number of rotatable bonds is 8. The molecule has 0 saturated heterocycles. The van der Waals surface area contributed by atoms with E-state index >= 15 is 0 Å². The van der Waals surface area contributed by atoms with Gasteiger partial charge in [-0.2, -0.15) is 0 Å². The standard InChI is InChI=1S/C17H25N3O3S/c1-12-5-7-14(8-6-12)19-15(21)10-24-11-16(22)20(4)9-13(2)17(23)18-3/h5-8,13H,9-11H2,1-4H3,(H,18,23)(H,19,21). The van der Waals surface area contributed by atoms with Crippen LogP contribution < -0.4 is 10.6 Å². The Bertz CT molecular complexity index is 575. The highest BCUT2D eigenvalue weighted by Gasteiger charge is 2.17. The number of carbonyl (C=O) groups is 3. The summed E-state index contributed by atoms with van der Waals surface area (Å²) in [6.07, 6.45) is 0. The van der Waals surface area contributed by atoms with Crippen molar-refractivity contribution in [2.24, 2.45) is 5.92 Å². The van der Waals surface area contributed by atoms with Crippen LogP contribution in [0, 0.1) is 12.8 Å². The lowest BCUT2D eigenvalue weighted by atomic mass is 10.1. The van der Waals surface area contributed by atoms with E-state index in [0.717, 1.165) is 11.3 Å². The smallest absolute Gasteiger partial charge is 0.234 e. The van der Waals surface area contributed by atoms with E-state index in [1.807, 2.05) is 31.2 Å². The van der Waals surface area contributed by atoms with E-state index in [4.69, 9.17) is 0 Å². The van der Waals surface area contributed by atoms with Crippen molar-refractivity contribution in [1.82, 2.24) is 10.2 Å². The molecule has 1 aromatic rings. The van der Waals surface area contributed by atoms with Gasteiger partial charge in [-0.25, -0.2) is 0 Å². The van der Waals surface area contributed by atoms with Gasteiger partial charge in [0.2, 0.25) is 17.7 Å². The van der Waals surface area contributed by atoms with Crippen molar-refractivity contribution >= 4 is 35.2 Å². The lowest BCUT2D eigenvalue weighted by Crippen LogP contribution is -2.38. The number of nitrogens with zero attached hydrogens (tertiary/aromatic N) is 1. The molecule has 0 aliphatic rings. The molecule has 7 heteroatoms. The minimum absolute atomic E-state index is 0.0974. The minimum Gasteiger partial charge on any atom is -0.359 e. The van der Waals surface area contributed by atoms with Gasteiger partial charge in [0, 0.05) is 26.3 Å². The topological polar surface area (TPSA) is 78.5 Å². The highest BCUT2D eigenvalue weighted by atomic mass is 32.2. The molecule has 0 aliphatic heterocycles. The third-order valence-electron chi connectivity index (χ3n) is 3.46. The van der Waals surface area contributed by atoms with Gasteiger partial charge in [-0.15, -0.1) is 11.8 Å². The van der Waals surface area contributed by atoms with Crippen LogP contribution in [0.1, 0.15) is 12.5 Å². The van der Waals surface area contributed by atoms with Crippen LogP contribution in [0.25, 0.3) is 0 Å². The number of nitrogens with one attached hydrogen (secondary N) is 2. The molecule has 0 spiro atoms. The normalized spacial score (nSPS) is 11.5. The zero-order chi connectivity index (χ0) is 18.1. The summed E-state index contributed by atoms with van der Waals surface area (Å²) in [7, 11) is 3.23. The van der Waals surface area contributed by atoms with Crippen LogP contribution in [0.4, 0.5) is 5.69 Å². The highest BCUT2D eigenvalue weighted by molar-refractivity contribution is 8.00. The first-order chi connectivity index (χ1) is 11.3. The molecule has 1 aromatic carbocycles. The Morgan fingerprint density at radius 3 is 2.38 bits per heavy atom. The molecule has 1 atom stereocenters. The molecular formula is C17H25N3O3S. The summed E-state index contributed by atoms with van der Waals surface area (Å²) in [5.74, 6) is -0.188. The predicted octanol–water partition coefficient (Wildman–Crippen LogP) is 1.51. The monoisotopic (exact) mass is 351 g/mol. The van der Waals surface area contributed by atoms with Gasteiger partial charge in [0.25, 0.3) is 0 Å². The fraction of sp³-hybridized carbons (Fsp3) is 0.471. The van der Waals surface area contributed by atoms with Crippen LogP contribution in [-0.4, -0.2) is 54.8 Å². The summed E-state index contributed by atoms with van der Waals surface area (Å²) in [5.41, 5.74) is 1.87. The van der Waals surface area contributed by atoms with Crippen molar-refractivity contribution in [2.45, 2.75) is 13.8 Å². The van der Waals surface area contributed by atoms with Gasteiger partial charge in [0.05, 0.1) is 17.4 Å². The maximum Gasteiger partial charge on any atom is 0.234 e. The molecule has 2 N–H and O–H groups in total. The van der Waals surface area contributed by atoms with Crippen LogP contribution in [0.2, 0.25) is 0 Å². The number of hydrogen-bond donors (Lipinski definition) is 2. The number of amides is 3. The Morgan fingerprint density at radius 1 is 1.17 bits per heavy atom. The van der Waals surface area contributed by atoms with Gasteiger partial charge >= 0.3 is 0 Å². The van der Waals surface area contributed by atoms with E-state index < -0.39 is 0 Å². The van der Waals surface area contributed by atoms with E-state index in [9.17, 15) is 14.4 Å². The number of carbonyl (C=O) groups excluding carboxylic acids is 3. The molecule has 0 aromatic heterocycles. The average molecular weight is 351 g/mol. The molecule has 1 unspecified atom stereocenters. The molecule has 1 rings (SSSR count). The fourth-order valence-electron chi connectivity index (χ4n) is 2.02. The van der Waals surface area contributed by atoms with Gasteiger partial charge in [0.15, 0.2) is 0 Å². The summed E-state index contributed by atoms with van der Waals surface area (Å²) < 4.78 is 0. The van der Waals surface area contributed by atoms with Crippen LogP contribution in [-0.2, 0) is 14.4 Å². The Hall–Kier alpha value is -2.02. The van der Waals surface area contributed by atoms with E-state index in [1.54, 1.807) is 21.0 Å². The predicted molar refractivity (Wildman–Crippen MR) is 98.0 cm³/mol. The average Bonchev–Trinajstić information content (AvgIpc) is 2.55. The second-order valence-electron chi connectivity index (χ2n) is 5.70. The lowest BCUT2D eigenvalue weighted by Gasteiger charge is -2.20. The van der Waals surface area contributed by atoms with Crippen LogP contribution in [0.15, 0.2) is 24.3 Å². The van der Waals surface area contributed by atoms with E-state index in [-0.39, 0.29) is 35.1 Å². The Balaban J connectivity index is 2.30. The summed E-state index contributed by atoms with van der Waals surface area (Å²) in [4.78, 5) is 36.8. The first-order valence-corrected chi connectivity index (χ1v) is 8.88. The number of aryl methyl sites for hydroxylation is 1. The van der Waals surface area contributed by atoms with Gasteiger partial charge in [0.1, 0.15) is 0 Å². The maximum atomic E-state index is 12.0. The van der Waals surface area contributed by atoms with Crippen LogP contribution in [0.5, 0.6) is 0 Å². The number of benzene rings is 1. The van der Waals surface area contributed by atoms with E-state index in [1.165, 1.54) is 16.7 Å². The number of anilines is 1. The molecule has 3 amide bonds. The third-order valence-corrected chi connectivity index (χ3v) is 4.38. The third kappa shape index (κ3) is 7.04. The summed E-state index contributed by atoms with van der Waals surface area (Å²) in [5, 5.41) is 5.35. The molecular weight excluding hydrogens is 326 g/mol. The van der Waals surface area contributed by atoms with Crippen molar-refractivity contribution in [2.75, 3.05) is 37.5 Å². The van der Waals surface area contributed by atoms with Crippen molar-refractivity contribution in [3.8, 4) is 0 Å². The molecule has 0 radical (unpaired) electrons. The molecule has 132 valence electrons. The van der Waals surface area contributed by atoms with Gasteiger partial charge in [-0.1, -0.05) is 24.6 Å². The Labute approximate surface area is 147 Å². The Kier molecular flexibility index (Phi) is 8.32. The van der Waals surface area contributed by atoms with Gasteiger partial charge < -0.3 is 15.5 Å².